The van der Waals surface area contributed by atoms with E-state index in [1.165, 1.54) is 0 Å². The second-order valence-corrected chi connectivity index (χ2v) is 17.0. The van der Waals surface area contributed by atoms with Gasteiger partial charge in [0.25, 0.3) is 8.32 Å². The Morgan fingerprint density at radius 1 is 0.854 bits per heavy atom. The Labute approximate surface area is 281 Å². The quantitative estimate of drug-likeness (QED) is 0.0675. The standard InChI is InChI=1S/C37H39N3O7Si/c1-37(2,3)48(28-16-10-6-11-17-28,29-18-12-7-13-19-29)47-36-31(39-40-38)33(45-34(41)25-14-8-5-9-15-25)32-30(44-36)24-43-35(46-32)26-20-22-27(42-4)23-21-26/h5-23,30-33,35-36H,24H2,1-4H3/t30?,31?,32-,33+,35?,36-/m0/s1. The summed E-state index contributed by atoms with van der Waals surface area (Å²) in [5.41, 5.74) is 11.0. The summed E-state index contributed by atoms with van der Waals surface area (Å²) in [5.74, 6) is 0.106. The van der Waals surface area contributed by atoms with Gasteiger partial charge in [-0.1, -0.05) is 117 Å². The van der Waals surface area contributed by atoms with Gasteiger partial charge in [-0.2, -0.15) is 0 Å². The largest absolute Gasteiger partial charge is 0.497 e. The van der Waals surface area contributed by atoms with Crippen LogP contribution >= 0.6 is 0 Å². The van der Waals surface area contributed by atoms with Crippen LogP contribution in [0, 0.1) is 0 Å². The topological polar surface area (TPSA) is 121 Å². The number of carbonyl (C=O) groups excluding carboxylic acids is 1. The maximum Gasteiger partial charge on any atom is 0.338 e. The summed E-state index contributed by atoms with van der Waals surface area (Å²) in [6, 6.07) is 35.1. The zero-order valence-electron chi connectivity index (χ0n) is 27.3. The molecule has 0 radical (unpaired) electrons. The van der Waals surface area contributed by atoms with Gasteiger partial charge >= 0.3 is 5.97 Å². The van der Waals surface area contributed by atoms with Crippen molar-refractivity contribution in [2.75, 3.05) is 13.7 Å². The van der Waals surface area contributed by atoms with Crippen molar-refractivity contribution in [3.05, 3.63) is 137 Å². The molecule has 0 aliphatic carbocycles. The first-order valence-corrected chi connectivity index (χ1v) is 17.8. The van der Waals surface area contributed by atoms with E-state index in [2.05, 4.69) is 55.1 Å². The third kappa shape index (κ3) is 6.61. The van der Waals surface area contributed by atoms with E-state index in [9.17, 15) is 10.3 Å². The van der Waals surface area contributed by atoms with E-state index in [-0.39, 0.29) is 6.61 Å². The number of benzene rings is 4. The first-order chi connectivity index (χ1) is 23.2. The molecule has 0 aromatic heterocycles. The van der Waals surface area contributed by atoms with E-state index < -0.39 is 56.3 Å². The van der Waals surface area contributed by atoms with Crippen LogP contribution < -0.4 is 15.1 Å². The van der Waals surface area contributed by atoms with E-state index in [0.717, 1.165) is 15.9 Å². The smallest absolute Gasteiger partial charge is 0.338 e. The fraction of sp³-hybridized carbons (Fsp3) is 0.324. The van der Waals surface area contributed by atoms with Gasteiger partial charge in [0.05, 0.1) is 19.3 Å². The first-order valence-electron chi connectivity index (χ1n) is 15.9. The minimum Gasteiger partial charge on any atom is -0.497 e. The van der Waals surface area contributed by atoms with Crippen LogP contribution in [0.3, 0.4) is 0 Å². The van der Waals surface area contributed by atoms with E-state index >= 15 is 0 Å². The van der Waals surface area contributed by atoms with Crippen molar-refractivity contribution in [3.63, 3.8) is 0 Å². The molecule has 4 aromatic rings. The van der Waals surface area contributed by atoms with Gasteiger partial charge < -0.3 is 28.1 Å². The van der Waals surface area contributed by atoms with Crippen molar-refractivity contribution in [1.82, 2.24) is 0 Å². The van der Waals surface area contributed by atoms with Gasteiger partial charge in [0.1, 0.15) is 30.1 Å². The third-order valence-corrected chi connectivity index (χ3v) is 13.8. The van der Waals surface area contributed by atoms with Gasteiger partial charge in [-0.05, 0) is 45.2 Å². The summed E-state index contributed by atoms with van der Waals surface area (Å²) in [6.07, 6.45) is -4.51. The Hall–Kier alpha value is -4.48. The normalized spacial score (nSPS) is 24.1. The lowest BCUT2D eigenvalue weighted by Crippen LogP contribution is -2.71. The summed E-state index contributed by atoms with van der Waals surface area (Å²) in [6.45, 7) is 6.55. The first kappa shape index (κ1) is 33.4. The van der Waals surface area contributed by atoms with E-state index in [4.69, 9.17) is 28.1 Å². The van der Waals surface area contributed by atoms with Gasteiger partial charge in [-0.25, -0.2) is 4.79 Å². The Kier molecular flexibility index (Phi) is 9.98. The molecule has 0 bridgehead atoms. The van der Waals surface area contributed by atoms with E-state index in [1.807, 2.05) is 66.7 Å². The van der Waals surface area contributed by atoms with Gasteiger partial charge in [-0.15, -0.1) is 0 Å². The summed E-state index contributed by atoms with van der Waals surface area (Å²) >= 11 is 0. The number of hydrogen-bond donors (Lipinski definition) is 0. The molecule has 2 fully saturated rings. The molecule has 0 N–H and O–H groups in total. The molecule has 48 heavy (non-hydrogen) atoms. The van der Waals surface area contributed by atoms with Crippen LogP contribution in [-0.2, 0) is 23.4 Å². The zero-order valence-corrected chi connectivity index (χ0v) is 28.3. The highest BCUT2D eigenvalue weighted by Crippen LogP contribution is 2.42. The molecule has 6 atom stereocenters. The lowest BCUT2D eigenvalue weighted by Gasteiger charge is -2.51. The fourth-order valence-electron chi connectivity index (χ4n) is 6.54. The Morgan fingerprint density at radius 3 is 1.98 bits per heavy atom. The summed E-state index contributed by atoms with van der Waals surface area (Å²) in [4.78, 5) is 16.8. The number of ether oxygens (including phenoxy) is 5. The lowest BCUT2D eigenvalue weighted by atomic mass is 9.96. The Balaban J connectivity index is 1.43. The minimum atomic E-state index is -3.22. The summed E-state index contributed by atoms with van der Waals surface area (Å²) < 4.78 is 38.2. The van der Waals surface area contributed by atoms with Crippen molar-refractivity contribution >= 4 is 24.7 Å². The molecule has 2 heterocycles. The summed E-state index contributed by atoms with van der Waals surface area (Å²) in [5, 5.41) is 5.82. The molecular weight excluding hydrogens is 627 g/mol. The number of hydrogen-bond acceptors (Lipinski definition) is 8. The average molecular weight is 666 g/mol. The number of rotatable bonds is 9. The van der Waals surface area contributed by atoms with Crippen LogP contribution in [0.5, 0.6) is 5.75 Å². The Morgan fingerprint density at radius 2 is 1.44 bits per heavy atom. The molecule has 2 aliphatic heterocycles. The lowest BCUT2D eigenvalue weighted by molar-refractivity contribution is -0.332. The third-order valence-electron chi connectivity index (χ3n) is 8.84. The zero-order chi connectivity index (χ0) is 33.7. The number of methoxy groups -OCH3 is 1. The molecule has 6 rings (SSSR count). The molecule has 3 unspecified atom stereocenters. The molecule has 248 valence electrons. The van der Waals surface area contributed by atoms with Gasteiger partial charge in [0, 0.05) is 10.5 Å². The molecule has 4 aromatic carbocycles. The van der Waals surface area contributed by atoms with Crippen molar-refractivity contribution in [1.29, 1.82) is 0 Å². The number of fused-ring (bicyclic) bond motifs is 1. The highest BCUT2D eigenvalue weighted by atomic mass is 28.4. The number of esters is 1. The highest BCUT2D eigenvalue weighted by molar-refractivity contribution is 6.99. The molecule has 2 aliphatic rings. The van der Waals surface area contributed by atoms with Crippen molar-refractivity contribution in [2.45, 2.75) is 62.7 Å². The molecule has 0 spiro atoms. The highest BCUT2D eigenvalue weighted by Gasteiger charge is 2.58. The molecule has 10 nitrogen and oxygen atoms in total. The number of carbonyl (C=O) groups is 1. The SMILES string of the molecule is COc1ccc(C2OCC3O[C@@H](O[Si](c4ccccc4)(c4ccccc4)C(C)(C)C)C(N=[N+]=[N-])[C@@H](OC(=O)c4ccccc4)[C@H]3O2)cc1. The maximum atomic E-state index is 13.6. The predicted molar refractivity (Wildman–Crippen MR) is 183 cm³/mol. The van der Waals surface area contributed by atoms with Gasteiger partial charge in [0.15, 0.2) is 12.6 Å². The number of azide groups is 1. The second kappa shape index (κ2) is 14.3. The minimum absolute atomic E-state index is 0.115. The molecule has 2 saturated heterocycles. The van der Waals surface area contributed by atoms with E-state index in [0.29, 0.717) is 11.3 Å². The average Bonchev–Trinajstić information content (AvgIpc) is 3.12. The maximum absolute atomic E-state index is 13.6. The van der Waals surface area contributed by atoms with Crippen molar-refractivity contribution in [3.8, 4) is 5.75 Å². The van der Waals surface area contributed by atoms with Crippen LogP contribution in [0.2, 0.25) is 5.04 Å². The second-order valence-electron chi connectivity index (χ2n) is 12.8. The van der Waals surface area contributed by atoms with Crippen LogP contribution in [0.1, 0.15) is 43.0 Å². The van der Waals surface area contributed by atoms with Crippen LogP contribution in [0.15, 0.2) is 120 Å². The Bertz CT molecular complexity index is 1680. The number of nitrogens with zero attached hydrogens (tertiary/aromatic N) is 3. The molecule has 0 saturated carbocycles. The van der Waals surface area contributed by atoms with Crippen LogP contribution in [0.25, 0.3) is 10.4 Å². The molecule has 11 heteroatoms. The van der Waals surface area contributed by atoms with Gasteiger partial charge in [-0.3, -0.25) is 0 Å². The predicted octanol–water partition coefficient (Wildman–Crippen LogP) is 6.32. The van der Waals surface area contributed by atoms with E-state index in [1.54, 1.807) is 31.4 Å². The molecule has 0 amide bonds. The molecular formula is C37H39N3O7Si. The van der Waals surface area contributed by atoms with Crippen LogP contribution in [0.4, 0.5) is 0 Å². The van der Waals surface area contributed by atoms with Crippen LogP contribution in [-0.4, -0.2) is 58.6 Å². The van der Waals surface area contributed by atoms with Crippen molar-refractivity contribution < 1.29 is 32.9 Å². The van der Waals surface area contributed by atoms with Gasteiger partial charge in [0.2, 0.25) is 0 Å². The summed E-state index contributed by atoms with van der Waals surface area (Å²) in [7, 11) is -1.62. The van der Waals surface area contributed by atoms with Crippen molar-refractivity contribution in [2.24, 2.45) is 5.11 Å². The fourth-order valence-corrected chi connectivity index (χ4v) is 11.1. The monoisotopic (exact) mass is 665 g/mol.